The van der Waals surface area contributed by atoms with Crippen molar-refractivity contribution in [2.45, 2.75) is 50.7 Å². The lowest BCUT2D eigenvalue weighted by Gasteiger charge is -2.46. The van der Waals surface area contributed by atoms with Crippen LogP contribution < -0.4 is 15.8 Å². The van der Waals surface area contributed by atoms with Gasteiger partial charge in [-0.25, -0.2) is 9.37 Å². The summed E-state index contributed by atoms with van der Waals surface area (Å²) in [7, 11) is 0. The summed E-state index contributed by atoms with van der Waals surface area (Å²) in [5.41, 5.74) is 10.4. The lowest BCUT2D eigenvalue weighted by molar-refractivity contribution is -0.119. The summed E-state index contributed by atoms with van der Waals surface area (Å²) in [6.07, 6.45) is 3.80. The van der Waals surface area contributed by atoms with Gasteiger partial charge in [0.25, 0.3) is 0 Å². The van der Waals surface area contributed by atoms with Crippen molar-refractivity contribution in [1.82, 2.24) is 9.88 Å². The van der Waals surface area contributed by atoms with E-state index in [0.29, 0.717) is 16.3 Å². The van der Waals surface area contributed by atoms with E-state index in [1.165, 1.54) is 17.7 Å². The molecule has 3 heterocycles. The van der Waals surface area contributed by atoms with E-state index >= 15 is 0 Å². The van der Waals surface area contributed by atoms with Crippen LogP contribution in [-0.4, -0.2) is 34.9 Å². The lowest BCUT2D eigenvalue weighted by Crippen LogP contribution is -2.53. The molecule has 3 N–H and O–H groups in total. The van der Waals surface area contributed by atoms with Crippen LogP contribution in [0.4, 0.5) is 15.9 Å². The number of pyridine rings is 1. The average molecular weight is 543 g/mol. The van der Waals surface area contributed by atoms with Gasteiger partial charge in [0.05, 0.1) is 5.02 Å². The van der Waals surface area contributed by atoms with Gasteiger partial charge in [0.1, 0.15) is 11.9 Å². The van der Waals surface area contributed by atoms with E-state index in [9.17, 15) is 9.18 Å². The van der Waals surface area contributed by atoms with Crippen LogP contribution in [0.2, 0.25) is 10.0 Å². The number of ether oxygens (including phenoxy) is 1. The molecule has 6 nitrogen and oxygen atoms in total. The summed E-state index contributed by atoms with van der Waals surface area (Å²) in [6, 6.07) is 10.9. The third-order valence-corrected chi connectivity index (χ3v) is 8.70. The second-order valence-corrected chi connectivity index (χ2v) is 11.1. The first-order valence-corrected chi connectivity index (χ1v) is 13.0. The van der Waals surface area contributed by atoms with E-state index in [4.69, 9.17) is 33.7 Å². The first-order chi connectivity index (χ1) is 17.6. The summed E-state index contributed by atoms with van der Waals surface area (Å²) < 4.78 is 20.1. The van der Waals surface area contributed by atoms with Crippen molar-refractivity contribution in [3.63, 3.8) is 0 Å². The van der Waals surface area contributed by atoms with Crippen LogP contribution in [0, 0.1) is 5.82 Å². The number of benzene rings is 2. The summed E-state index contributed by atoms with van der Waals surface area (Å²) in [5.74, 6) is -0.00650. The predicted molar refractivity (Wildman–Crippen MR) is 146 cm³/mol. The summed E-state index contributed by atoms with van der Waals surface area (Å²) >= 11 is 12.4. The number of fused-ring (bicyclic) bond motifs is 2. The average Bonchev–Trinajstić information content (AvgIpc) is 3.08. The zero-order valence-corrected chi connectivity index (χ0v) is 22.5. The number of carbonyl (C=O) groups excluding carboxylic acids is 1. The van der Waals surface area contributed by atoms with E-state index in [-0.39, 0.29) is 21.8 Å². The second kappa shape index (κ2) is 9.37. The van der Waals surface area contributed by atoms with Gasteiger partial charge < -0.3 is 20.7 Å². The van der Waals surface area contributed by atoms with Gasteiger partial charge in [-0.15, -0.1) is 0 Å². The molecule has 37 heavy (non-hydrogen) atoms. The van der Waals surface area contributed by atoms with E-state index in [0.717, 1.165) is 49.2 Å². The Labute approximate surface area is 225 Å². The van der Waals surface area contributed by atoms with Gasteiger partial charge >= 0.3 is 0 Å². The minimum atomic E-state index is -0.658. The number of nitrogens with one attached hydrogen (secondary N) is 1. The third kappa shape index (κ3) is 4.28. The molecule has 0 aliphatic carbocycles. The molecule has 1 saturated heterocycles. The van der Waals surface area contributed by atoms with Crippen molar-refractivity contribution in [3.8, 4) is 16.9 Å². The number of anilines is 2. The molecule has 1 aromatic heterocycles. The molecular weight excluding hydrogens is 514 g/mol. The molecule has 194 valence electrons. The number of carbonyl (C=O) groups is 1. The number of halogens is 3. The molecule has 2 aromatic carbocycles. The van der Waals surface area contributed by atoms with Crippen LogP contribution in [0.1, 0.15) is 50.8 Å². The molecule has 1 amide bonds. The van der Waals surface area contributed by atoms with Crippen molar-refractivity contribution in [1.29, 1.82) is 0 Å². The Bertz CT molecular complexity index is 1370. The number of amides is 1. The number of hydrogen-bond acceptors (Lipinski definition) is 5. The largest absolute Gasteiger partial charge is 0.482 e. The second-order valence-electron chi connectivity index (χ2n) is 10.4. The summed E-state index contributed by atoms with van der Waals surface area (Å²) in [5, 5.41) is 3.95. The zero-order valence-electron chi connectivity index (χ0n) is 20.9. The highest BCUT2D eigenvalue weighted by molar-refractivity contribution is 6.36. The molecule has 1 fully saturated rings. The molecule has 1 spiro atoms. The van der Waals surface area contributed by atoms with Crippen LogP contribution in [0.25, 0.3) is 11.1 Å². The Morgan fingerprint density at radius 3 is 2.59 bits per heavy atom. The van der Waals surface area contributed by atoms with E-state index in [1.807, 2.05) is 11.0 Å². The smallest absolute Gasteiger partial charge is 0.209 e. The molecule has 2 aliphatic heterocycles. The Hall–Kier alpha value is -3.03. The maximum absolute atomic E-state index is 14.0. The van der Waals surface area contributed by atoms with Crippen LogP contribution in [0.5, 0.6) is 5.75 Å². The van der Waals surface area contributed by atoms with Gasteiger partial charge in [-0.3, -0.25) is 4.79 Å². The SMILES string of the molecule is C[C@@H](Oc1cc(-c2ccc3c(c2)NC(C)(C)C32CCN(C=O)CC2)cnc1N)c1c(Cl)ccc(F)c1Cl. The van der Waals surface area contributed by atoms with Gasteiger partial charge in [-0.05, 0) is 69.0 Å². The minimum absolute atomic E-state index is 0.0487. The Kier molecular flexibility index (Phi) is 6.49. The molecule has 1 atom stereocenters. The van der Waals surface area contributed by atoms with Crippen LogP contribution in [0.15, 0.2) is 42.6 Å². The van der Waals surface area contributed by atoms with Crippen molar-refractivity contribution in [2.24, 2.45) is 0 Å². The van der Waals surface area contributed by atoms with E-state index in [2.05, 4.69) is 42.3 Å². The third-order valence-electron chi connectivity index (χ3n) is 7.98. The fourth-order valence-electron chi connectivity index (χ4n) is 5.82. The molecule has 9 heteroatoms. The summed E-state index contributed by atoms with van der Waals surface area (Å²) in [4.78, 5) is 17.5. The zero-order chi connectivity index (χ0) is 26.5. The predicted octanol–water partition coefficient (Wildman–Crippen LogP) is 6.61. The van der Waals surface area contributed by atoms with Crippen LogP contribution in [0.3, 0.4) is 0 Å². The highest BCUT2D eigenvalue weighted by atomic mass is 35.5. The molecule has 0 saturated carbocycles. The first kappa shape index (κ1) is 25.6. The van der Waals surface area contributed by atoms with Gasteiger partial charge in [-0.2, -0.15) is 0 Å². The molecule has 0 unspecified atom stereocenters. The number of hydrogen-bond donors (Lipinski definition) is 2. The molecule has 0 bridgehead atoms. The van der Waals surface area contributed by atoms with E-state index in [1.54, 1.807) is 13.1 Å². The van der Waals surface area contributed by atoms with Crippen LogP contribution >= 0.6 is 23.2 Å². The number of rotatable bonds is 5. The quantitative estimate of drug-likeness (QED) is 0.280. The van der Waals surface area contributed by atoms with Gasteiger partial charge in [0.2, 0.25) is 6.41 Å². The number of nitrogens with zero attached hydrogens (tertiary/aromatic N) is 2. The van der Waals surface area contributed by atoms with Crippen LogP contribution in [-0.2, 0) is 10.2 Å². The van der Waals surface area contributed by atoms with Crippen molar-refractivity contribution in [3.05, 3.63) is 69.6 Å². The maximum Gasteiger partial charge on any atom is 0.209 e. The molecule has 2 aliphatic rings. The number of piperidine rings is 1. The molecule has 0 radical (unpaired) electrons. The summed E-state index contributed by atoms with van der Waals surface area (Å²) in [6.45, 7) is 7.68. The Morgan fingerprint density at radius 1 is 1.16 bits per heavy atom. The molecular formula is C28H29Cl2FN4O2. The topological polar surface area (TPSA) is 80.5 Å². The Balaban J connectivity index is 1.45. The fourth-order valence-corrected chi connectivity index (χ4v) is 6.49. The van der Waals surface area contributed by atoms with Crippen molar-refractivity contribution < 1.29 is 13.9 Å². The maximum atomic E-state index is 14.0. The highest BCUT2D eigenvalue weighted by Gasteiger charge is 2.53. The first-order valence-electron chi connectivity index (χ1n) is 12.2. The molecule has 3 aromatic rings. The van der Waals surface area contributed by atoms with E-state index < -0.39 is 11.9 Å². The Morgan fingerprint density at radius 2 is 1.89 bits per heavy atom. The van der Waals surface area contributed by atoms with Gasteiger partial charge in [-0.1, -0.05) is 35.3 Å². The standard InChI is InChI=1S/C28H29Cl2FN4O2/c1-16(24-20(29)6-7-21(31)25(24)30)37-23-13-18(14-33-26(23)32)17-4-5-19-22(12-17)34-27(2,3)28(19)8-10-35(15-36)11-9-28/h4-7,12-16,34H,8-11H2,1-3H3,(H2,32,33)/t16-/m1/s1. The van der Waals surface area contributed by atoms with Gasteiger partial charge in [0, 0.05) is 52.1 Å². The molecule has 5 rings (SSSR count). The number of nitrogens with two attached hydrogens (primary N) is 1. The number of nitrogen functional groups attached to an aromatic ring is 1. The minimum Gasteiger partial charge on any atom is -0.482 e. The number of aromatic nitrogens is 1. The monoisotopic (exact) mass is 542 g/mol. The normalized spacial score (nSPS) is 18.3. The fraction of sp³-hybridized carbons (Fsp3) is 0.357. The van der Waals surface area contributed by atoms with Crippen molar-refractivity contribution in [2.75, 3.05) is 24.1 Å². The van der Waals surface area contributed by atoms with Crippen molar-refractivity contribution >= 4 is 41.1 Å². The number of likely N-dealkylation sites (tertiary alicyclic amines) is 1. The highest BCUT2D eigenvalue weighted by Crippen LogP contribution is 2.54. The van der Waals surface area contributed by atoms with Gasteiger partial charge in [0.15, 0.2) is 11.6 Å². The lowest BCUT2D eigenvalue weighted by atomic mass is 9.64.